The maximum atomic E-state index is 12.1. The lowest BCUT2D eigenvalue weighted by Gasteiger charge is -2.15. The highest BCUT2D eigenvalue weighted by Crippen LogP contribution is 2.29. The second-order valence-electron chi connectivity index (χ2n) is 4.77. The van der Waals surface area contributed by atoms with Gasteiger partial charge in [0.05, 0.1) is 17.1 Å². The van der Waals surface area contributed by atoms with Crippen LogP contribution in [0.2, 0.25) is 5.02 Å². The van der Waals surface area contributed by atoms with Gasteiger partial charge in [0.1, 0.15) is 11.5 Å². The van der Waals surface area contributed by atoms with E-state index in [1.165, 1.54) is 31.4 Å². The van der Waals surface area contributed by atoms with Gasteiger partial charge in [-0.3, -0.25) is 0 Å². The summed E-state index contributed by atoms with van der Waals surface area (Å²) in [7, 11) is 1.30. The molecule has 7 heteroatoms. The Morgan fingerprint density at radius 3 is 2.38 bits per heavy atom. The molecule has 0 spiro atoms. The summed E-state index contributed by atoms with van der Waals surface area (Å²) in [6.07, 6.45) is -0.831. The maximum absolute atomic E-state index is 12.1. The van der Waals surface area contributed by atoms with Crippen molar-refractivity contribution in [1.82, 2.24) is 0 Å². The first-order valence-electron chi connectivity index (χ1n) is 6.92. The van der Waals surface area contributed by atoms with Crippen molar-refractivity contribution in [2.75, 3.05) is 7.11 Å². The molecule has 0 heterocycles. The number of esters is 2. The first-order valence-corrected chi connectivity index (χ1v) is 8.09. The van der Waals surface area contributed by atoms with Gasteiger partial charge in [-0.25, -0.2) is 9.59 Å². The van der Waals surface area contributed by atoms with Gasteiger partial charge in [-0.2, -0.15) is 0 Å². The Balaban J connectivity index is 1.99. The molecule has 0 aliphatic carbocycles. The highest BCUT2D eigenvalue weighted by atomic mass is 79.9. The Morgan fingerprint density at radius 2 is 1.79 bits per heavy atom. The molecule has 0 saturated carbocycles. The number of carbonyl (C=O) groups excluding carboxylic acids is 2. The number of carbonyl (C=O) groups is 2. The van der Waals surface area contributed by atoms with E-state index >= 15 is 0 Å². The van der Waals surface area contributed by atoms with Crippen molar-refractivity contribution in [2.45, 2.75) is 13.0 Å². The van der Waals surface area contributed by atoms with Crippen molar-refractivity contribution < 1.29 is 23.8 Å². The van der Waals surface area contributed by atoms with E-state index in [-0.39, 0.29) is 0 Å². The van der Waals surface area contributed by atoms with E-state index in [4.69, 9.17) is 21.1 Å². The average Bonchev–Trinajstić information content (AvgIpc) is 2.57. The van der Waals surface area contributed by atoms with Gasteiger partial charge < -0.3 is 14.2 Å². The van der Waals surface area contributed by atoms with E-state index in [1.54, 1.807) is 25.1 Å². The Morgan fingerprint density at radius 1 is 1.12 bits per heavy atom. The largest absolute Gasteiger partial charge is 0.478 e. The van der Waals surface area contributed by atoms with E-state index in [9.17, 15) is 9.59 Å². The zero-order valence-corrected chi connectivity index (χ0v) is 15.3. The lowest BCUT2D eigenvalue weighted by molar-refractivity contribution is -0.141. The van der Waals surface area contributed by atoms with E-state index in [0.717, 1.165) is 0 Å². The highest BCUT2D eigenvalue weighted by molar-refractivity contribution is 9.10. The van der Waals surface area contributed by atoms with Crippen LogP contribution in [0, 0.1) is 0 Å². The molecule has 0 radical (unpaired) electrons. The Labute approximate surface area is 152 Å². The molecule has 0 aliphatic rings. The molecular formula is C17H14BrClO5. The van der Waals surface area contributed by atoms with Crippen molar-refractivity contribution in [3.63, 3.8) is 0 Å². The summed E-state index contributed by atoms with van der Waals surface area (Å²) < 4.78 is 16.0. The van der Waals surface area contributed by atoms with E-state index in [2.05, 4.69) is 20.7 Å². The molecule has 0 amide bonds. The monoisotopic (exact) mass is 412 g/mol. The van der Waals surface area contributed by atoms with Gasteiger partial charge in [0.15, 0.2) is 6.10 Å². The third-order valence-corrected chi connectivity index (χ3v) is 3.88. The normalized spacial score (nSPS) is 11.5. The first kappa shape index (κ1) is 18.3. The van der Waals surface area contributed by atoms with Gasteiger partial charge in [0.2, 0.25) is 0 Å². The van der Waals surface area contributed by atoms with Crippen LogP contribution in [0.4, 0.5) is 0 Å². The van der Waals surface area contributed by atoms with Crippen LogP contribution >= 0.6 is 27.5 Å². The fourth-order valence-electron chi connectivity index (χ4n) is 1.79. The smallest absolute Gasteiger partial charge is 0.352 e. The molecule has 0 bridgehead atoms. The van der Waals surface area contributed by atoms with Crippen molar-refractivity contribution in [3.05, 3.63) is 57.5 Å². The average molecular weight is 414 g/mol. The van der Waals surface area contributed by atoms with Gasteiger partial charge in [-0.05, 0) is 65.3 Å². The summed E-state index contributed by atoms with van der Waals surface area (Å²) in [5, 5.41) is 0.551. The van der Waals surface area contributed by atoms with Crippen LogP contribution in [0.5, 0.6) is 11.5 Å². The standard InChI is InChI=1S/C17H14BrClO5/c1-10(23-15-8-5-12(19)9-14(15)18)16(20)24-13-6-3-11(4-7-13)17(21)22-2/h3-10H,1-2H3. The van der Waals surface area contributed by atoms with E-state index < -0.39 is 18.0 Å². The van der Waals surface area contributed by atoms with Crippen molar-refractivity contribution in [1.29, 1.82) is 0 Å². The Kier molecular flexibility index (Phi) is 6.23. The predicted molar refractivity (Wildman–Crippen MR) is 92.7 cm³/mol. The molecule has 1 unspecified atom stereocenters. The first-order chi connectivity index (χ1) is 11.4. The molecule has 2 aromatic rings. The molecule has 2 aromatic carbocycles. The van der Waals surface area contributed by atoms with Gasteiger partial charge in [0.25, 0.3) is 0 Å². The van der Waals surface area contributed by atoms with Crippen molar-refractivity contribution >= 4 is 39.5 Å². The number of halogens is 2. The number of methoxy groups -OCH3 is 1. The lowest BCUT2D eigenvalue weighted by Crippen LogP contribution is -2.28. The maximum Gasteiger partial charge on any atom is 0.352 e. The summed E-state index contributed by atoms with van der Waals surface area (Å²) in [5.74, 6) is -0.247. The molecule has 0 fully saturated rings. The molecule has 126 valence electrons. The van der Waals surface area contributed by atoms with Gasteiger partial charge in [-0.1, -0.05) is 11.6 Å². The summed E-state index contributed by atoms with van der Waals surface area (Å²) in [6, 6.07) is 11.0. The molecule has 0 saturated heterocycles. The van der Waals surface area contributed by atoms with Crippen molar-refractivity contribution in [2.24, 2.45) is 0 Å². The topological polar surface area (TPSA) is 61.8 Å². The molecule has 0 N–H and O–H groups in total. The molecule has 1 atom stereocenters. The van der Waals surface area contributed by atoms with Gasteiger partial charge in [0, 0.05) is 5.02 Å². The minimum Gasteiger partial charge on any atom is -0.478 e. The van der Waals surface area contributed by atoms with Crippen LogP contribution in [0.1, 0.15) is 17.3 Å². The minimum atomic E-state index is -0.831. The van der Waals surface area contributed by atoms with E-state index in [0.29, 0.717) is 26.6 Å². The third kappa shape index (κ3) is 4.72. The fraction of sp³-hybridized carbons (Fsp3) is 0.176. The molecule has 24 heavy (non-hydrogen) atoms. The fourth-order valence-corrected chi connectivity index (χ4v) is 2.56. The molecule has 0 aromatic heterocycles. The van der Waals surface area contributed by atoms with Gasteiger partial charge in [-0.15, -0.1) is 0 Å². The minimum absolute atomic E-state index is 0.304. The quantitative estimate of drug-likeness (QED) is 0.541. The number of ether oxygens (including phenoxy) is 3. The second kappa shape index (κ2) is 8.17. The number of hydrogen-bond donors (Lipinski definition) is 0. The third-order valence-electron chi connectivity index (χ3n) is 3.02. The lowest BCUT2D eigenvalue weighted by atomic mass is 10.2. The van der Waals surface area contributed by atoms with Crippen LogP contribution in [0.3, 0.4) is 0 Å². The number of rotatable bonds is 5. The van der Waals surface area contributed by atoms with Crippen LogP contribution < -0.4 is 9.47 Å². The second-order valence-corrected chi connectivity index (χ2v) is 6.06. The van der Waals surface area contributed by atoms with Crippen LogP contribution in [-0.2, 0) is 9.53 Å². The van der Waals surface area contributed by atoms with Crippen molar-refractivity contribution in [3.8, 4) is 11.5 Å². The summed E-state index contributed by atoms with van der Waals surface area (Å²) >= 11 is 9.17. The van der Waals surface area contributed by atoms with Crippen LogP contribution in [0.25, 0.3) is 0 Å². The number of benzene rings is 2. The summed E-state index contributed by atoms with van der Waals surface area (Å²) in [5.41, 5.74) is 0.367. The number of hydrogen-bond acceptors (Lipinski definition) is 5. The van der Waals surface area contributed by atoms with Gasteiger partial charge >= 0.3 is 11.9 Å². The van der Waals surface area contributed by atoms with Crippen LogP contribution in [0.15, 0.2) is 46.9 Å². The zero-order valence-electron chi connectivity index (χ0n) is 12.9. The molecular weight excluding hydrogens is 400 g/mol. The predicted octanol–water partition coefficient (Wildman–Crippen LogP) is 4.26. The molecule has 0 aliphatic heterocycles. The van der Waals surface area contributed by atoms with E-state index in [1.807, 2.05) is 0 Å². The molecule has 5 nitrogen and oxygen atoms in total. The zero-order chi connectivity index (χ0) is 17.7. The highest BCUT2D eigenvalue weighted by Gasteiger charge is 2.19. The summed E-state index contributed by atoms with van der Waals surface area (Å²) in [4.78, 5) is 23.4. The Hall–Kier alpha value is -2.05. The Bertz CT molecular complexity index is 745. The van der Waals surface area contributed by atoms with Crippen LogP contribution in [-0.4, -0.2) is 25.2 Å². The SMILES string of the molecule is COC(=O)c1ccc(OC(=O)C(C)Oc2ccc(Cl)cc2Br)cc1. The molecule has 2 rings (SSSR count). The summed E-state index contributed by atoms with van der Waals surface area (Å²) in [6.45, 7) is 1.58.